The van der Waals surface area contributed by atoms with Gasteiger partial charge in [0.1, 0.15) is 5.76 Å². The van der Waals surface area contributed by atoms with E-state index in [-0.39, 0.29) is 0 Å². The molecular formula is C14H13BrN2O. The number of hydrogen-bond acceptors (Lipinski definition) is 2. The van der Waals surface area contributed by atoms with E-state index in [9.17, 15) is 0 Å². The second-order valence-corrected chi connectivity index (χ2v) is 5.31. The number of halogens is 1. The summed E-state index contributed by atoms with van der Waals surface area (Å²) in [4.78, 5) is 4.41. The molecule has 92 valence electrons. The summed E-state index contributed by atoms with van der Waals surface area (Å²) >= 11 is 3.48. The quantitative estimate of drug-likeness (QED) is 0.715. The number of oxazole rings is 1. The minimum Gasteiger partial charge on any atom is -0.444 e. The fraction of sp³-hybridized carbons (Fsp3) is 0.214. The van der Waals surface area contributed by atoms with Crippen LogP contribution in [-0.4, -0.2) is 9.55 Å². The van der Waals surface area contributed by atoms with E-state index in [4.69, 9.17) is 4.42 Å². The molecule has 0 spiro atoms. The molecule has 0 aliphatic carbocycles. The zero-order chi connectivity index (χ0) is 12.7. The Kier molecular flexibility index (Phi) is 2.74. The summed E-state index contributed by atoms with van der Waals surface area (Å²) in [6.07, 6.45) is 2.06. The lowest BCUT2D eigenvalue weighted by molar-refractivity contribution is 0.459. The van der Waals surface area contributed by atoms with Crippen molar-refractivity contribution < 1.29 is 4.42 Å². The van der Waals surface area contributed by atoms with Crippen LogP contribution < -0.4 is 0 Å². The largest absolute Gasteiger partial charge is 0.444 e. The minimum atomic E-state index is 0.666. The second-order valence-electron chi connectivity index (χ2n) is 4.40. The third-order valence-corrected chi connectivity index (χ3v) is 3.60. The topological polar surface area (TPSA) is 31.0 Å². The van der Waals surface area contributed by atoms with Gasteiger partial charge in [-0.3, -0.25) is 0 Å². The van der Waals surface area contributed by atoms with E-state index in [0.717, 1.165) is 21.8 Å². The van der Waals surface area contributed by atoms with E-state index in [1.807, 2.05) is 19.9 Å². The zero-order valence-corrected chi connectivity index (χ0v) is 11.9. The summed E-state index contributed by atoms with van der Waals surface area (Å²) < 4.78 is 8.86. The lowest BCUT2D eigenvalue weighted by Gasteiger charge is -2.02. The van der Waals surface area contributed by atoms with E-state index in [1.54, 1.807) is 0 Å². The first kappa shape index (κ1) is 11.5. The van der Waals surface area contributed by atoms with Gasteiger partial charge in [0, 0.05) is 21.6 Å². The van der Waals surface area contributed by atoms with Crippen LogP contribution in [0.2, 0.25) is 0 Å². The van der Waals surface area contributed by atoms with Gasteiger partial charge in [-0.1, -0.05) is 15.9 Å². The fourth-order valence-electron chi connectivity index (χ4n) is 2.06. The van der Waals surface area contributed by atoms with Crippen LogP contribution in [0, 0.1) is 13.8 Å². The summed E-state index contributed by atoms with van der Waals surface area (Å²) in [6, 6.07) is 8.35. The second kappa shape index (κ2) is 4.28. The number of aryl methyl sites for hydroxylation is 2. The smallest absolute Gasteiger partial charge is 0.214 e. The number of fused-ring (bicyclic) bond motifs is 1. The predicted octanol–water partition coefficient (Wildman–Crippen LogP) is 4.06. The number of nitrogens with zero attached hydrogens (tertiary/aromatic N) is 2. The van der Waals surface area contributed by atoms with Crippen molar-refractivity contribution >= 4 is 26.8 Å². The van der Waals surface area contributed by atoms with Gasteiger partial charge in [0.15, 0.2) is 0 Å². The molecule has 3 aromatic rings. The van der Waals surface area contributed by atoms with Gasteiger partial charge in [-0.05, 0) is 38.1 Å². The predicted molar refractivity (Wildman–Crippen MR) is 74.7 cm³/mol. The number of hydrogen-bond donors (Lipinski definition) is 0. The van der Waals surface area contributed by atoms with Gasteiger partial charge in [0.2, 0.25) is 5.89 Å². The molecule has 18 heavy (non-hydrogen) atoms. The third kappa shape index (κ3) is 1.97. The van der Waals surface area contributed by atoms with Crippen molar-refractivity contribution in [3.8, 4) is 0 Å². The number of benzene rings is 1. The van der Waals surface area contributed by atoms with Crippen molar-refractivity contribution in [2.75, 3.05) is 0 Å². The maximum atomic E-state index is 5.62. The highest BCUT2D eigenvalue weighted by atomic mass is 79.9. The standard InChI is InChI=1S/C14H13BrN2O/c1-9-10(2)18-14(16-9)8-17-6-5-11-7-12(15)3-4-13(11)17/h3-7H,8H2,1-2H3. The Hall–Kier alpha value is -1.55. The molecule has 0 unspecified atom stereocenters. The van der Waals surface area contributed by atoms with Gasteiger partial charge in [-0.15, -0.1) is 0 Å². The van der Waals surface area contributed by atoms with Crippen LogP contribution >= 0.6 is 15.9 Å². The first-order valence-corrected chi connectivity index (χ1v) is 6.60. The lowest BCUT2D eigenvalue weighted by Crippen LogP contribution is -1.97. The average Bonchev–Trinajstić information content (AvgIpc) is 2.84. The van der Waals surface area contributed by atoms with Crippen LogP contribution in [0.3, 0.4) is 0 Å². The Labute approximate surface area is 114 Å². The minimum absolute atomic E-state index is 0.666. The Morgan fingerprint density at radius 1 is 1.28 bits per heavy atom. The van der Waals surface area contributed by atoms with Gasteiger partial charge in [-0.2, -0.15) is 0 Å². The SMILES string of the molecule is Cc1nc(Cn2ccc3cc(Br)ccc32)oc1C. The van der Waals surface area contributed by atoms with Crippen LogP contribution in [0.25, 0.3) is 10.9 Å². The van der Waals surface area contributed by atoms with Gasteiger partial charge < -0.3 is 8.98 Å². The highest BCUT2D eigenvalue weighted by Gasteiger charge is 2.08. The van der Waals surface area contributed by atoms with Crippen molar-refractivity contribution in [1.82, 2.24) is 9.55 Å². The van der Waals surface area contributed by atoms with Crippen molar-refractivity contribution in [2.24, 2.45) is 0 Å². The van der Waals surface area contributed by atoms with E-state index < -0.39 is 0 Å². The number of aromatic nitrogens is 2. The summed E-state index contributed by atoms with van der Waals surface area (Å²) in [5.41, 5.74) is 2.15. The molecule has 0 N–H and O–H groups in total. The maximum Gasteiger partial charge on any atom is 0.214 e. The van der Waals surface area contributed by atoms with Crippen LogP contribution in [0.4, 0.5) is 0 Å². The Morgan fingerprint density at radius 2 is 2.11 bits per heavy atom. The van der Waals surface area contributed by atoms with Crippen LogP contribution in [-0.2, 0) is 6.54 Å². The highest BCUT2D eigenvalue weighted by molar-refractivity contribution is 9.10. The summed E-state index contributed by atoms with van der Waals surface area (Å²) in [5, 5.41) is 1.21. The van der Waals surface area contributed by atoms with Crippen molar-refractivity contribution in [3.63, 3.8) is 0 Å². The normalized spacial score (nSPS) is 11.3. The lowest BCUT2D eigenvalue weighted by atomic mass is 10.2. The van der Waals surface area contributed by atoms with E-state index in [0.29, 0.717) is 6.54 Å². The summed E-state index contributed by atoms with van der Waals surface area (Å²) in [7, 11) is 0. The molecule has 0 atom stereocenters. The molecule has 4 heteroatoms. The molecular weight excluding hydrogens is 292 g/mol. The summed E-state index contributed by atoms with van der Waals surface area (Å²) in [5.74, 6) is 1.65. The monoisotopic (exact) mass is 304 g/mol. The third-order valence-electron chi connectivity index (χ3n) is 3.11. The molecule has 0 bridgehead atoms. The highest BCUT2D eigenvalue weighted by Crippen LogP contribution is 2.22. The van der Waals surface area contributed by atoms with Crippen molar-refractivity contribution in [3.05, 3.63) is 52.3 Å². The van der Waals surface area contributed by atoms with Crippen LogP contribution in [0.1, 0.15) is 17.3 Å². The Balaban J connectivity index is 2.00. The Morgan fingerprint density at radius 3 is 2.83 bits per heavy atom. The molecule has 0 saturated heterocycles. The molecule has 0 amide bonds. The van der Waals surface area contributed by atoms with E-state index in [1.165, 1.54) is 10.9 Å². The van der Waals surface area contributed by atoms with E-state index in [2.05, 4.69) is 49.9 Å². The molecule has 3 nitrogen and oxygen atoms in total. The van der Waals surface area contributed by atoms with Crippen LogP contribution in [0.5, 0.6) is 0 Å². The molecule has 0 aliphatic heterocycles. The molecule has 0 radical (unpaired) electrons. The Bertz CT molecular complexity index is 692. The molecule has 2 aromatic heterocycles. The number of rotatable bonds is 2. The van der Waals surface area contributed by atoms with Gasteiger partial charge in [0.05, 0.1) is 12.2 Å². The van der Waals surface area contributed by atoms with E-state index >= 15 is 0 Å². The molecule has 3 rings (SSSR count). The first-order chi connectivity index (χ1) is 8.63. The molecule has 2 heterocycles. The van der Waals surface area contributed by atoms with Crippen molar-refractivity contribution in [1.29, 1.82) is 0 Å². The zero-order valence-electron chi connectivity index (χ0n) is 10.3. The maximum absolute atomic E-state index is 5.62. The molecule has 1 aromatic carbocycles. The molecule has 0 saturated carbocycles. The summed E-state index contributed by atoms with van der Waals surface area (Å²) in [6.45, 7) is 4.57. The average molecular weight is 305 g/mol. The van der Waals surface area contributed by atoms with Gasteiger partial charge >= 0.3 is 0 Å². The van der Waals surface area contributed by atoms with Gasteiger partial charge in [-0.25, -0.2) is 4.98 Å². The van der Waals surface area contributed by atoms with Crippen LogP contribution in [0.15, 0.2) is 39.4 Å². The molecule has 0 aliphatic rings. The van der Waals surface area contributed by atoms with Gasteiger partial charge in [0.25, 0.3) is 0 Å². The first-order valence-electron chi connectivity index (χ1n) is 5.81. The fourth-order valence-corrected chi connectivity index (χ4v) is 2.44. The molecule has 0 fully saturated rings. The van der Waals surface area contributed by atoms with Crippen molar-refractivity contribution in [2.45, 2.75) is 20.4 Å².